The molecular formula is C10H11ClN2O3S. The SMILES string of the molecule is CC(=O)NC(CSc1ccc(Cl)cn1)C(=O)O. The minimum Gasteiger partial charge on any atom is -0.480 e. The maximum absolute atomic E-state index is 10.8. The van der Waals surface area contributed by atoms with Crippen molar-refractivity contribution in [3.63, 3.8) is 0 Å². The Bertz CT molecular complexity index is 411. The van der Waals surface area contributed by atoms with Gasteiger partial charge in [-0.25, -0.2) is 9.78 Å². The lowest BCUT2D eigenvalue weighted by Crippen LogP contribution is -2.41. The molecule has 1 heterocycles. The molecule has 0 aromatic carbocycles. The molecule has 1 atom stereocenters. The first kappa shape index (κ1) is 13.8. The van der Waals surface area contributed by atoms with Gasteiger partial charge in [0.15, 0.2) is 0 Å². The zero-order valence-electron chi connectivity index (χ0n) is 9.01. The van der Waals surface area contributed by atoms with Gasteiger partial charge in [0, 0.05) is 18.9 Å². The van der Waals surface area contributed by atoms with E-state index in [1.807, 2.05) is 0 Å². The number of carboxylic acid groups (broad SMARTS) is 1. The highest BCUT2D eigenvalue weighted by Gasteiger charge is 2.18. The molecule has 0 saturated heterocycles. The Morgan fingerprint density at radius 1 is 1.59 bits per heavy atom. The van der Waals surface area contributed by atoms with E-state index >= 15 is 0 Å². The molecule has 0 aliphatic rings. The van der Waals surface area contributed by atoms with E-state index in [-0.39, 0.29) is 11.7 Å². The number of pyridine rings is 1. The summed E-state index contributed by atoms with van der Waals surface area (Å²) in [6.07, 6.45) is 1.48. The predicted octanol–water partition coefficient (Wildman–Crippen LogP) is 1.42. The Morgan fingerprint density at radius 2 is 2.29 bits per heavy atom. The summed E-state index contributed by atoms with van der Waals surface area (Å²) in [5.41, 5.74) is 0. The maximum Gasteiger partial charge on any atom is 0.327 e. The highest BCUT2D eigenvalue weighted by atomic mass is 35.5. The fourth-order valence-corrected chi connectivity index (χ4v) is 2.00. The second-order valence-corrected chi connectivity index (χ2v) is 4.69. The van der Waals surface area contributed by atoms with Crippen molar-refractivity contribution in [2.24, 2.45) is 0 Å². The van der Waals surface area contributed by atoms with Gasteiger partial charge in [0.2, 0.25) is 5.91 Å². The average molecular weight is 275 g/mol. The van der Waals surface area contributed by atoms with Gasteiger partial charge in [0.05, 0.1) is 10.0 Å². The Kier molecular flexibility index (Phi) is 5.24. The van der Waals surface area contributed by atoms with Gasteiger partial charge in [-0.05, 0) is 12.1 Å². The summed E-state index contributed by atoms with van der Waals surface area (Å²) in [7, 11) is 0. The van der Waals surface area contributed by atoms with Gasteiger partial charge in [0.1, 0.15) is 6.04 Å². The number of carboxylic acids is 1. The van der Waals surface area contributed by atoms with E-state index in [1.54, 1.807) is 12.1 Å². The summed E-state index contributed by atoms with van der Waals surface area (Å²) in [5, 5.41) is 12.4. The van der Waals surface area contributed by atoms with Crippen LogP contribution in [0.15, 0.2) is 23.4 Å². The lowest BCUT2D eigenvalue weighted by atomic mass is 10.3. The normalized spacial score (nSPS) is 11.9. The van der Waals surface area contributed by atoms with Crippen LogP contribution in [-0.2, 0) is 9.59 Å². The van der Waals surface area contributed by atoms with E-state index in [4.69, 9.17) is 16.7 Å². The van der Waals surface area contributed by atoms with Crippen molar-refractivity contribution < 1.29 is 14.7 Å². The number of carbonyl (C=O) groups excluding carboxylic acids is 1. The Hall–Kier alpha value is -1.27. The Balaban J connectivity index is 2.54. The first-order chi connectivity index (χ1) is 7.99. The summed E-state index contributed by atoms with van der Waals surface area (Å²) in [6.45, 7) is 1.28. The third-order valence-electron chi connectivity index (χ3n) is 1.77. The number of thioether (sulfide) groups is 1. The van der Waals surface area contributed by atoms with Gasteiger partial charge in [-0.3, -0.25) is 4.79 Å². The van der Waals surface area contributed by atoms with Crippen LogP contribution in [0.1, 0.15) is 6.92 Å². The topological polar surface area (TPSA) is 79.3 Å². The molecule has 17 heavy (non-hydrogen) atoms. The summed E-state index contributed by atoms with van der Waals surface area (Å²) >= 11 is 6.91. The lowest BCUT2D eigenvalue weighted by Gasteiger charge is -2.12. The molecule has 92 valence electrons. The van der Waals surface area contributed by atoms with Gasteiger partial charge in [-0.2, -0.15) is 0 Å². The number of rotatable bonds is 5. The molecular weight excluding hydrogens is 264 g/mol. The van der Waals surface area contributed by atoms with E-state index in [2.05, 4.69) is 10.3 Å². The van der Waals surface area contributed by atoms with Crippen LogP contribution in [0.2, 0.25) is 5.02 Å². The Labute approximate surface area is 108 Å². The van der Waals surface area contributed by atoms with Crippen LogP contribution < -0.4 is 5.32 Å². The molecule has 1 aromatic rings. The molecule has 0 bridgehead atoms. The van der Waals surface area contributed by atoms with E-state index in [1.165, 1.54) is 24.9 Å². The number of hydrogen-bond donors (Lipinski definition) is 2. The number of carbonyl (C=O) groups is 2. The van der Waals surface area contributed by atoms with Gasteiger partial charge in [-0.15, -0.1) is 11.8 Å². The van der Waals surface area contributed by atoms with Crippen molar-refractivity contribution in [1.82, 2.24) is 10.3 Å². The average Bonchev–Trinajstić information content (AvgIpc) is 2.25. The largest absolute Gasteiger partial charge is 0.480 e. The maximum atomic E-state index is 10.8. The number of nitrogens with one attached hydrogen (secondary N) is 1. The number of nitrogens with zero attached hydrogens (tertiary/aromatic N) is 1. The third-order valence-corrected chi connectivity index (χ3v) is 3.03. The second-order valence-electron chi connectivity index (χ2n) is 3.22. The molecule has 0 aliphatic heterocycles. The minimum atomic E-state index is -1.07. The van der Waals surface area contributed by atoms with E-state index in [0.717, 1.165) is 0 Å². The molecule has 0 radical (unpaired) electrons. The molecule has 7 heteroatoms. The van der Waals surface area contributed by atoms with Gasteiger partial charge < -0.3 is 10.4 Å². The van der Waals surface area contributed by atoms with E-state index in [9.17, 15) is 9.59 Å². The van der Waals surface area contributed by atoms with Crippen LogP contribution in [-0.4, -0.2) is 33.8 Å². The zero-order chi connectivity index (χ0) is 12.8. The second kappa shape index (κ2) is 6.46. The molecule has 1 amide bonds. The number of aliphatic carboxylic acids is 1. The standard InChI is InChI=1S/C10H11ClN2O3S/c1-6(14)13-8(10(15)16)5-17-9-3-2-7(11)4-12-9/h2-4,8H,5H2,1H3,(H,13,14)(H,15,16). The molecule has 0 saturated carbocycles. The van der Waals surface area contributed by atoms with E-state index in [0.29, 0.717) is 10.0 Å². The summed E-state index contributed by atoms with van der Waals surface area (Å²) in [6, 6.07) is 2.44. The Morgan fingerprint density at radius 3 is 2.76 bits per heavy atom. The zero-order valence-corrected chi connectivity index (χ0v) is 10.6. The molecule has 5 nitrogen and oxygen atoms in total. The van der Waals surface area contributed by atoms with E-state index < -0.39 is 12.0 Å². The van der Waals surface area contributed by atoms with Crippen molar-refractivity contribution in [3.05, 3.63) is 23.4 Å². The van der Waals surface area contributed by atoms with Crippen LogP contribution in [0.4, 0.5) is 0 Å². The number of hydrogen-bond acceptors (Lipinski definition) is 4. The van der Waals surface area contributed by atoms with Crippen LogP contribution >= 0.6 is 23.4 Å². The summed E-state index contributed by atoms with van der Waals surface area (Å²) < 4.78 is 0. The highest BCUT2D eigenvalue weighted by molar-refractivity contribution is 7.99. The lowest BCUT2D eigenvalue weighted by molar-refractivity contribution is -0.140. The van der Waals surface area contributed by atoms with Gasteiger partial charge in [0.25, 0.3) is 0 Å². The van der Waals surface area contributed by atoms with Crippen LogP contribution in [0.5, 0.6) is 0 Å². The fraction of sp³-hybridized carbons (Fsp3) is 0.300. The van der Waals surface area contributed by atoms with Crippen molar-refractivity contribution in [2.45, 2.75) is 18.0 Å². The number of amides is 1. The van der Waals surface area contributed by atoms with Crippen LogP contribution in [0, 0.1) is 0 Å². The fourth-order valence-electron chi connectivity index (χ4n) is 1.04. The van der Waals surface area contributed by atoms with Crippen molar-refractivity contribution in [1.29, 1.82) is 0 Å². The first-order valence-corrected chi connectivity index (χ1v) is 6.09. The monoisotopic (exact) mass is 274 g/mol. The third kappa shape index (κ3) is 5.06. The van der Waals surface area contributed by atoms with Crippen molar-refractivity contribution in [3.8, 4) is 0 Å². The van der Waals surface area contributed by atoms with Gasteiger partial charge in [-0.1, -0.05) is 11.6 Å². The highest BCUT2D eigenvalue weighted by Crippen LogP contribution is 2.18. The van der Waals surface area contributed by atoms with Gasteiger partial charge >= 0.3 is 5.97 Å². The van der Waals surface area contributed by atoms with Crippen molar-refractivity contribution in [2.75, 3.05) is 5.75 Å². The smallest absolute Gasteiger partial charge is 0.327 e. The molecule has 1 aromatic heterocycles. The summed E-state index contributed by atoms with van der Waals surface area (Å²) in [4.78, 5) is 25.7. The quantitative estimate of drug-likeness (QED) is 0.794. The number of aromatic nitrogens is 1. The molecule has 2 N–H and O–H groups in total. The molecule has 0 spiro atoms. The van der Waals surface area contributed by atoms with Crippen LogP contribution in [0.3, 0.4) is 0 Å². The minimum absolute atomic E-state index is 0.212. The molecule has 0 fully saturated rings. The summed E-state index contributed by atoms with van der Waals surface area (Å²) in [5.74, 6) is -1.23. The number of halogens is 1. The van der Waals surface area contributed by atoms with Crippen LogP contribution in [0.25, 0.3) is 0 Å². The molecule has 1 unspecified atom stereocenters. The predicted molar refractivity (Wildman–Crippen MR) is 65.2 cm³/mol. The molecule has 0 aliphatic carbocycles. The first-order valence-electron chi connectivity index (χ1n) is 4.73. The molecule has 1 rings (SSSR count). The van der Waals surface area contributed by atoms with Crippen molar-refractivity contribution >= 4 is 35.2 Å².